The van der Waals surface area contributed by atoms with E-state index in [1.54, 1.807) is 19.2 Å². The number of guanidine groups is 1. The Bertz CT molecular complexity index is 905. The third-order valence-corrected chi connectivity index (χ3v) is 4.38. The lowest BCUT2D eigenvalue weighted by atomic mass is 10.1. The smallest absolute Gasteiger partial charge is 0.228 e. The number of aliphatic imine (C=N–C) groups is 1. The van der Waals surface area contributed by atoms with Crippen LogP contribution < -0.4 is 10.6 Å². The van der Waals surface area contributed by atoms with Crippen molar-refractivity contribution in [2.75, 3.05) is 13.6 Å². The van der Waals surface area contributed by atoms with Crippen LogP contribution in [0.25, 0.3) is 11.4 Å². The Balaban J connectivity index is 1.48. The van der Waals surface area contributed by atoms with Crippen LogP contribution in [0.1, 0.15) is 17.0 Å². The van der Waals surface area contributed by atoms with Crippen LogP contribution in [0.4, 0.5) is 0 Å². The molecule has 0 aliphatic carbocycles. The summed E-state index contributed by atoms with van der Waals surface area (Å²) < 4.78 is 5.32. The molecule has 0 aliphatic heterocycles. The van der Waals surface area contributed by atoms with Gasteiger partial charge in [-0.3, -0.25) is 4.99 Å². The minimum absolute atomic E-state index is 0.559. The van der Waals surface area contributed by atoms with E-state index in [1.807, 2.05) is 24.3 Å². The molecule has 0 atom stereocenters. The highest BCUT2D eigenvalue weighted by atomic mass is 35.5. The number of halogens is 1. The molecule has 0 radical (unpaired) electrons. The second-order valence-electron chi connectivity index (χ2n) is 6.05. The summed E-state index contributed by atoms with van der Waals surface area (Å²) in [7, 11) is 1.75. The van der Waals surface area contributed by atoms with Crippen molar-refractivity contribution >= 4 is 17.6 Å². The van der Waals surface area contributed by atoms with Gasteiger partial charge in [0.05, 0.1) is 0 Å². The van der Waals surface area contributed by atoms with Crippen molar-refractivity contribution in [1.82, 2.24) is 20.8 Å². The molecule has 0 unspecified atom stereocenters. The van der Waals surface area contributed by atoms with E-state index >= 15 is 0 Å². The number of benzene rings is 2. The van der Waals surface area contributed by atoms with Crippen LogP contribution in [-0.4, -0.2) is 29.7 Å². The zero-order valence-corrected chi connectivity index (χ0v) is 16.1. The van der Waals surface area contributed by atoms with E-state index in [0.717, 1.165) is 11.5 Å². The topological polar surface area (TPSA) is 75.3 Å². The Labute approximate surface area is 163 Å². The largest absolute Gasteiger partial charge is 0.356 e. The lowest BCUT2D eigenvalue weighted by molar-refractivity contribution is 0.378. The van der Waals surface area contributed by atoms with Crippen molar-refractivity contribution in [3.05, 3.63) is 70.6 Å². The third kappa shape index (κ3) is 5.31. The van der Waals surface area contributed by atoms with Gasteiger partial charge in [-0.25, -0.2) is 0 Å². The van der Waals surface area contributed by atoms with Gasteiger partial charge in [-0.15, -0.1) is 0 Å². The number of rotatable bonds is 6. The predicted molar refractivity (Wildman–Crippen MR) is 108 cm³/mol. The molecule has 2 aromatic carbocycles. The first-order chi connectivity index (χ1) is 13.2. The van der Waals surface area contributed by atoms with Crippen molar-refractivity contribution in [3.63, 3.8) is 0 Å². The molecule has 2 N–H and O–H groups in total. The molecule has 0 fully saturated rings. The molecular formula is C20H22ClN5O. The van der Waals surface area contributed by atoms with Gasteiger partial charge in [0.25, 0.3) is 0 Å². The summed E-state index contributed by atoms with van der Waals surface area (Å²) in [4.78, 5) is 8.66. The number of aromatic nitrogens is 2. The number of hydrogen-bond donors (Lipinski definition) is 2. The molecule has 1 heterocycles. The first-order valence-electron chi connectivity index (χ1n) is 8.73. The van der Waals surface area contributed by atoms with Crippen molar-refractivity contribution in [2.24, 2.45) is 4.99 Å². The molecule has 0 saturated heterocycles. The van der Waals surface area contributed by atoms with Crippen molar-refractivity contribution < 1.29 is 4.52 Å². The number of hydrogen-bond acceptors (Lipinski definition) is 4. The van der Waals surface area contributed by atoms with Crippen molar-refractivity contribution in [3.8, 4) is 11.4 Å². The minimum atomic E-state index is 0.559. The van der Waals surface area contributed by atoms with E-state index in [-0.39, 0.29) is 0 Å². The molecule has 3 aromatic rings. The molecule has 0 aliphatic rings. The van der Waals surface area contributed by atoms with Gasteiger partial charge in [0.1, 0.15) is 0 Å². The number of nitrogens with zero attached hydrogens (tertiary/aromatic N) is 3. The van der Waals surface area contributed by atoms with Crippen LogP contribution in [0.2, 0.25) is 5.02 Å². The highest BCUT2D eigenvalue weighted by molar-refractivity contribution is 6.30. The van der Waals surface area contributed by atoms with Crippen LogP contribution in [0.5, 0.6) is 0 Å². The SMILES string of the molecule is CN=C(NCCc1nc(-c2ccc(Cl)cc2)no1)NCc1ccccc1C. The molecular weight excluding hydrogens is 362 g/mol. The molecule has 7 heteroatoms. The maximum absolute atomic E-state index is 5.90. The Morgan fingerprint density at radius 3 is 2.63 bits per heavy atom. The molecule has 1 aromatic heterocycles. The maximum Gasteiger partial charge on any atom is 0.228 e. The summed E-state index contributed by atoms with van der Waals surface area (Å²) in [6, 6.07) is 15.6. The number of aryl methyl sites for hydroxylation is 1. The van der Waals surface area contributed by atoms with Gasteiger partial charge in [-0.1, -0.05) is 41.0 Å². The highest BCUT2D eigenvalue weighted by Gasteiger charge is 2.09. The Kier molecular flexibility index (Phi) is 6.44. The van der Waals surface area contributed by atoms with E-state index in [9.17, 15) is 0 Å². The molecule has 27 heavy (non-hydrogen) atoms. The van der Waals surface area contributed by atoms with Crippen LogP contribution >= 0.6 is 11.6 Å². The minimum Gasteiger partial charge on any atom is -0.356 e. The van der Waals surface area contributed by atoms with E-state index in [0.29, 0.717) is 36.2 Å². The normalized spacial score (nSPS) is 11.4. The molecule has 6 nitrogen and oxygen atoms in total. The second kappa shape index (κ2) is 9.19. The van der Waals surface area contributed by atoms with Crippen molar-refractivity contribution in [2.45, 2.75) is 19.9 Å². The standard InChI is InChI=1S/C20H22ClN5O/c1-14-5-3-4-6-16(14)13-24-20(22-2)23-12-11-18-25-19(26-27-18)15-7-9-17(21)10-8-15/h3-10H,11-13H2,1-2H3,(H2,22,23,24). The fourth-order valence-corrected chi connectivity index (χ4v) is 2.69. The van der Waals surface area contributed by atoms with E-state index in [4.69, 9.17) is 16.1 Å². The first-order valence-corrected chi connectivity index (χ1v) is 9.11. The van der Waals surface area contributed by atoms with Gasteiger partial charge in [0.15, 0.2) is 5.96 Å². The predicted octanol–water partition coefficient (Wildman–Crippen LogP) is 3.61. The van der Waals surface area contributed by atoms with Gasteiger partial charge < -0.3 is 15.2 Å². The summed E-state index contributed by atoms with van der Waals surface area (Å²) in [6.07, 6.45) is 0.603. The van der Waals surface area contributed by atoms with E-state index < -0.39 is 0 Å². The fraction of sp³-hybridized carbons (Fsp3) is 0.250. The fourth-order valence-electron chi connectivity index (χ4n) is 2.57. The van der Waals surface area contributed by atoms with Crippen molar-refractivity contribution in [1.29, 1.82) is 0 Å². The lowest BCUT2D eigenvalue weighted by Crippen LogP contribution is -2.38. The molecule has 3 rings (SSSR count). The summed E-state index contributed by atoms with van der Waals surface area (Å²) >= 11 is 5.90. The molecule has 0 saturated carbocycles. The van der Waals surface area contributed by atoms with Gasteiger partial charge in [0, 0.05) is 37.1 Å². The lowest BCUT2D eigenvalue weighted by Gasteiger charge is -2.12. The Morgan fingerprint density at radius 1 is 1.11 bits per heavy atom. The average molecular weight is 384 g/mol. The van der Waals surface area contributed by atoms with Gasteiger partial charge in [-0.2, -0.15) is 4.98 Å². The third-order valence-electron chi connectivity index (χ3n) is 4.13. The Morgan fingerprint density at radius 2 is 1.89 bits per heavy atom. The zero-order valence-electron chi connectivity index (χ0n) is 15.4. The van der Waals surface area contributed by atoms with E-state index in [2.05, 4.69) is 44.8 Å². The summed E-state index contributed by atoms with van der Waals surface area (Å²) in [5.41, 5.74) is 3.36. The summed E-state index contributed by atoms with van der Waals surface area (Å²) in [5.74, 6) is 1.86. The summed E-state index contributed by atoms with van der Waals surface area (Å²) in [5, 5.41) is 11.3. The van der Waals surface area contributed by atoms with Gasteiger partial charge in [0.2, 0.25) is 11.7 Å². The van der Waals surface area contributed by atoms with Crippen LogP contribution in [0.3, 0.4) is 0 Å². The summed E-state index contributed by atoms with van der Waals surface area (Å²) in [6.45, 7) is 3.45. The molecule has 0 amide bonds. The zero-order chi connectivity index (χ0) is 19.1. The van der Waals surface area contributed by atoms with Crippen LogP contribution in [0, 0.1) is 6.92 Å². The maximum atomic E-state index is 5.90. The van der Waals surface area contributed by atoms with Crippen LogP contribution in [0.15, 0.2) is 58.0 Å². The quantitative estimate of drug-likeness (QED) is 0.502. The van der Waals surface area contributed by atoms with Gasteiger partial charge in [-0.05, 0) is 42.3 Å². The second-order valence-corrected chi connectivity index (χ2v) is 6.48. The van der Waals surface area contributed by atoms with Crippen LogP contribution in [-0.2, 0) is 13.0 Å². The molecule has 0 bridgehead atoms. The average Bonchev–Trinajstić information content (AvgIpc) is 3.15. The molecule has 140 valence electrons. The Hall–Kier alpha value is -2.86. The highest BCUT2D eigenvalue weighted by Crippen LogP contribution is 2.18. The van der Waals surface area contributed by atoms with E-state index in [1.165, 1.54) is 11.1 Å². The number of nitrogens with one attached hydrogen (secondary N) is 2. The first kappa shape index (κ1) is 18.9. The monoisotopic (exact) mass is 383 g/mol. The molecule has 0 spiro atoms. The van der Waals surface area contributed by atoms with Gasteiger partial charge >= 0.3 is 0 Å².